The van der Waals surface area contributed by atoms with Crippen molar-refractivity contribution in [2.75, 3.05) is 37.1 Å². The van der Waals surface area contributed by atoms with Gasteiger partial charge in [-0.2, -0.15) is 0 Å². The fourth-order valence-corrected chi connectivity index (χ4v) is 4.37. The molecule has 0 fully saturated rings. The molecule has 1 unspecified atom stereocenters. The number of thioether (sulfide) groups is 1. The normalized spacial score (nSPS) is 16.0. The van der Waals surface area contributed by atoms with Crippen LogP contribution in [-0.2, 0) is 14.4 Å². The van der Waals surface area contributed by atoms with Gasteiger partial charge >= 0.3 is 0 Å². The van der Waals surface area contributed by atoms with Gasteiger partial charge in [-0.05, 0) is 11.6 Å². The fourth-order valence-electron chi connectivity index (χ4n) is 2.64. The predicted octanol–water partition coefficient (Wildman–Crippen LogP) is 1.81. The Morgan fingerprint density at radius 2 is 2.07 bits per heavy atom. The van der Waals surface area contributed by atoms with Crippen molar-refractivity contribution in [1.82, 2.24) is 15.1 Å². The molecule has 27 heavy (non-hydrogen) atoms. The summed E-state index contributed by atoms with van der Waals surface area (Å²) >= 11 is 2.48. The van der Waals surface area contributed by atoms with Gasteiger partial charge in [0, 0.05) is 33.3 Å². The fraction of sp³-hybridized carbons (Fsp3) is 0.353. The molecule has 1 aromatic carbocycles. The first kappa shape index (κ1) is 19.3. The van der Waals surface area contributed by atoms with Gasteiger partial charge in [-0.1, -0.05) is 41.3 Å². The van der Waals surface area contributed by atoms with E-state index in [0.717, 1.165) is 11.3 Å². The predicted molar refractivity (Wildman–Crippen MR) is 105 cm³/mol. The first-order valence-electron chi connectivity index (χ1n) is 8.19. The summed E-state index contributed by atoms with van der Waals surface area (Å²) in [5.74, 6) is -0.736. The molecule has 0 radical (unpaired) electrons. The number of carbonyl (C=O) groups is 3. The average molecular weight is 406 g/mol. The van der Waals surface area contributed by atoms with E-state index in [1.165, 1.54) is 28.0 Å². The molecule has 3 rings (SSSR count). The number of anilines is 2. The van der Waals surface area contributed by atoms with E-state index in [2.05, 4.69) is 15.5 Å². The zero-order chi connectivity index (χ0) is 19.6. The molecule has 1 atom stereocenters. The lowest BCUT2D eigenvalue weighted by Gasteiger charge is -2.30. The molecule has 3 amide bonds. The highest BCUT2D eigenvalue weighted by molar-refractivity contribution is 8.01. The van der Waals surface area contributed by atoms with Crippen LogP contribution in [0.4, 0.5) is 10.8 Å². The van der Waals surface area contributed by atoms with Crippen LogP contribution in [0, 0.1) is 0 Å². The second-order valence-corrected chi connectivity index (χ2v) is 8.41. The highest BCUT2D eigenvalue weighted by Gasteiger charge is 2.33. The van der Waals surface area contributed by atoms with Gasteiger partial charge in [-0.3, -0.25) is 19.7 Å². The number of hydrogen-bond acceptors (Lipinski definition) is 7. The van der Waals surface area contributed by atoms with Gasteiger partial charge in [0.2, 0.25) is 22.9 Å². The van der Waals surface area contributed by atoms with Crippen LogP contribution in [0.3, 0.4) is 0 Å². The van der Waals surface area contributed by atoms with Gasteiger partial charge in [0.05, 0.1) is 11.7 Å². The Bertz CT molecular complexity index is 883. The largest absolute Gasteiger partial charge is 0.348 e. The van der Waals surface area contributed by atoms with E-state index in [1.54, 1.807) is 26.0 Å². The zero-order valence-electron chi connectivity index (χ0n) is 15.1. The molecule has 1 N–H and O–H groups in total. The second kappa shape index (κ2) is 8.05. The number of hydrogen-bond donors (Lipinski definition) is 1. The molecule has 8 nitrogen and oxygen atoms in total. The third kappa shape index (κ3) is 4.28. The van der Waals surface area contributed by atoms with Gasteiger partial charge in [-0.25, -0.2) is 0 Å². The SMILES string of the molecule is CN(C)C(=O)CSc1nnc(NC(=O)C2CC(=O)N(C)c3ccccc32)s1. The minimum atomic E-state index is -0.569. The summed E-state index contributed by atoms with van der Waals surface area (Å²) in [4.78, 5) is 39.7. The van der Waals surface area contributed by atoms with E-state index < -0.39 is 5.92 Å². The average Bonchev–Trinajstić information content (AvgIpc) is 3.09. The molecule has 2 aromatic rings. The van der Waals surface area contributed by atoms with Crippen LogP contribution in [0.1, 0.15) is 17.9 Å². The number of amides is 3. The number of nitrogens with zero attached hydrogens (tertiary/aromatic N) is 4. The molecular weight excluding hydrogens is 386 g/mol. The van der Waals surface area contributed by atoms with Crippen molar-refractivity contribution in [3.63, 3.8) is 0 Å². The number of fused-ring (bicyclic) bond motifs is 1. The Morgan fingerprint density at radius 1 is 1.33 bits per heavy atom. The quantitative estimate of drug-likeness (QED) is 0.602. The molecule has 0 saturated heterocycles. The first-order chi connectivity index (χ1) is 12.9. The number of rotatable bonds is 5. The van der Waals surface area contributed by atoms with Crippen molar-refractivity contribution < 1.29 is 14.4 Å². The Balaban J connectivity index is 1.69. The van der Waals surface area contributed by atoms with Crippen LogP contribution in [-0.4, -0.2) is 59.7 Å². The molecule has 2 heterocycles. The second-order valence-electron chi connectivity index (χ2n) is 6.21. The van der Waals surface area contributed by atoms with E-state index in [9.17, 15) is 14.4 Å². The Labute approximate surface area is 164 Å². The van der Waals surface area contributed by atoms with Gasteiger partial charge in [0.25, 0.3) is 0 Å². The summed E-state index contributed by atoms with van der Waals surface area (Å²) < 4.78 is 0.598. The summed E-state index contributed by atoms with van der Waals surface area (Å²) in [5, 5.41) is 11.0. The molecule has 0 bridgehead atoms. The van der Waals surface area contributed by atoms with Gasteiger partial charge in [0.15, 0.2) is 4.34 Å². The molecule has 142 valence electrons. The standard InChI is InChI=1S/C17H19N5O3S2/c1-21(2)14(24)9-26-17-20-19-16(27-17)18-15(25)11-8-13(23)22(3)12-7-5-4-6-10(11)12/h4-7,11H,8-9H2,1-3H3,(H,18,19,25). The van der Waals surface area contributed by atoms with E-state index >= 15 is 0 Å². The maximum atomic E-state index is 12.7. The van der Waals surface area contributed by atoms with Crippen LogP contribution in [0.15, 0.2) is 28.6 Å². The Hall–Kier alpha value is -2.46. The number of carbonyl (C=O) groups excluding carboxylic acids is 3. The van der Waals surface area contributed by atoms with E-state index in [1.807, 2.05) is 24.3 Å². The van der Waals surface area contributed by atoms with Gasteiger partial charge in [-0.15, -0.1) is 10.2 Å². The maximum Gasteiger partial charge on any atom is 0.234 e. The molecule has 0 aliphatic carbocycles. The smallest absolute Gasteiger partial charge is 0.234 e. The molecule has 1 aromatic heterocycles. The van der Waals surface area contributed by atoms with Crippen LogP contribution in [0.5, 0.6) is 0 Å². The molecular formula is C17H19N5O3S2. The lowest BCUT2D eigenvalue weighted by molar-refractivity contribution is -0.125. The third-order valence-electron chi connectivity index (χ3n) is 4.20. The number of para-hydroxylation sites is 1. The molecule has 0 spiro atoms. The van der Waals surface area contributed by atoms with Crippen LogP contribution >= 0.6 is 23.1 Å². The molecule has 1 aliphatic rings. The van der Waals surface area contributed by atoms with Crippen LogP contribution in [0.2, 0.25) is 0 Å². The van der Waals surface area contributed by atoms with E-state index in [4.69, 9.17) is 0 Å². The van der Waals surface area contributed by atoms with Crippen molar-refractivity contribution in [1.29, 1.82) is 0 Å². The minimum Gasteiger partial charge on any atom is -0.348 e. The molecule has 1 aliphatic heterocycles. The minimum absolute atomic E-state index is 0.0257. The highest BCUT2D eigenvalue weighted by atomic mass is 32.2. The highest BCUT2D eigenvalue weighted by Crippen LogP contribution is 2.36. The first-order valence-corrected chi connectivity index (χ1v) is 10.00. The van der Waals surface area contributed by atoms with Crippen molar-refractivity contribution in [2.24, 2.45) is 0 Å². The Morgan fingerprint density at radius 3 is 2.81 bits per heavy atom. The summed E-state index contributed by atoms with van der Waals surface area (Å²) in [6, 6.07) is 7.38. The summed E-state index contributed by atoms with van der Waals surface area (Å²) in [5.41, 5.74) is 1.55. The number of nitrogens with one attached hydrogen (secondary N) is 1. The lowest BCUT2D eigenvalue weighted by Crippen LogP contribution is -2.37. The van der Waals surface area contributed by atoms with Gasteiger partial charge < -0.3 is 9.80 Å². The molecule has 0 saturated carbocycles. The van der Waals surface area contributed by atoms with Crippen molar-refractivity contribution in [3.8, 4) is 0 Å². The van der Waals surface area contributed by atoms with Gasteiger partial charge in [0.1, 0.15) is 0 Å². The zero-order valence-corrected chi connectivity index (χ0v) is 16.8. The van der Waals surface area contributed by atoms with Crippen molar-refractivity contribution >= 4 is 51.6 Å². The third-order valence-corrected chi connectivity index (χ3v) is 6.15. The number of aromatic nitrogens is 2. The monoisotopic (exact) mass is 405 g/mol. The van der Waals surface area contributed by atoms with E-state index in [-0.39, 0.29) is 29.9 Å². The summed E-state index contributed by atoms with van der Waals surface area (Å²) in [7, 11) is 5.09. The Kier molecular flexibility index (Phi) is 5.76. The topological polar surface area (TPSA) is 95.5 Å². The molecule has 10 heteroatoms. The summed E-state index contributed by atoms with van der Waals surface area (Å²) in [6.07, 6.45) is 0.108. The summed E-state index contributed by atoms with van der Waals surface area (Å²) in [6.45, 7) is 0. The maximum absolute atomic E-state index is 12.7. The van der Waals surface area contributed by atoms with E-state index in [0.29, 0.717) is 9.47 Å². The lowest BCUT2D eigenvalue weighted by atomic mass is 9.89. The van der Waals surface area contributed by atoms with Crippen LogP contribution in [0.25, 0.3) is 0 Å². The van der Waals surface area contributed by atoms with Crippen LogP contribution < -0.4 is 10.2 Å². The number of benzene rings is 1. The van der Waals surface area contributed by atoms with Crippen molar-refractivity contribution in [2.45, 2.75) is 16.7 Å². The van der Waals surface area contributed by atoms with Crippen molar-refractivity contribution in [3.05, 3.63) is 29.8 Å².